The monoisotopic (exact) mass is 454 g/mol. The summed E-state index contributed by atoms with van der Waals surface area (Å²) < 4.78 is 49.5. The lowest BCUT2D eigenvalue weighted by Gasteiger charge is -2.16. The maximum Gasteiger partial charge on any atom is 0.417 e. The van der Waals surface area contributed by atoms with E-state index in [1.54, 1.807) is 38.1 Å². The van der Waals surface area contributed by atoms with Gasteiger partial charge in [-0.25, -0.2) is 0 Å². The first-order valence-electron chi connectivity index (χ1n) is 8.20. The van der Waals surface area contributed by atoms with Gasteiger partial charge in [0.2, 0.25) is 0 Å². The molecule has 0 radical (unpaired) electrons. The van der Waals surface area contributed by atoms with Gasteiger partial charge in [0.1, 0.15) is 10.8 Å². The highest BCUT2D eigenvalue weighted by atomic mass is 35.5. The van der Waals surface area contributed by atoms with Gasteiger partial charge in [-0.2, -0.15) is 13.2 Å². The fourth-order valence-corrected chi connectivity index (χ4v) is 3.11. The van der Waals surface area contributed by atoms with Crippen molar-refractivity contribution < 1.29 is 27.4 Å². The van der Waals surface area contributed by atoms with Crippen molar-refractivity contribution in [3.05, 3.63) is 56.5 Å². The average molecular weight is 456 g/mol. The van der Waals surface area contributed by atoms with Gasteiger partial charge >= 0.3 is 12.1 Å². The summed E-state index contributed by atoms with van der Waals surface area (Å²) in [5.41, 5.74) is -0.377. The number of esters is 1. The van der Waals surface area contributed by atoms with Gasteiger partial charge in [-0.1, -0.05) is 46.9 Å². The minimum Gasteiger partial charge on any atom is -0.463 e. The zero-order valence-electron chi connectivity index (χ0n) is 14.9. The van der Waals surface area contributed by atoms with Gasteiger partial charge < -0.3 is 9.47 Å². The number of carbonyl (C=O) groups is 1. The number of carbonyl (C=O) groups excluding carboxylic acids is 1. The van der Waals surface area contributed by atoms with Crippen LogP contribution < -0.4 is 4.74 Å². The van der Waals surface area contributed by atoms with E-state index in [0.717, 1.165) is 5.56 Å². The molecule has 2 aromatic rings. The molecule has 2 rings (SSSR count). The summed E-state index contributed by atoms with van der Waals surface area (Å²) >= 11 is 17.6. The van der Waals surface area contributed by atoms with Crippen LogP contribution in [-0.2, 0) is 22.1 Å². The number of aryl methyl sites for hydroxylation is 1. The summed E-state index contributed by atoms with van der Waals surface area (Å²) in [7, 11) is 0. The maximum atomic E-state index is 13.0. The third-order valence-electron chi connectivity index (χ3n) is 3.53. The Kier molecular flexibility index (Phi) is 7.48. The number of alkyl halides is 3. The van der Waals surface area contributed by atoms with Crippen LogP contribution in [0.1, 0.15) is 31.4 Å². The standard InChI is InChI=1S/C19H16Cl3F3O3/c1-10(2)27-15(26)7-6-11-4-3-5-12(8-11)28-18-14(20)9-13(19(23,24)25)16(21)17(18)22/h3-5,8-10H,6-7H2,1-2H3. The highest BCUT2D eigenvalue weighted by molar-refractivity contribution is 6.45. The zero-order chi connectivity index (χ0) is 21.1. The third-order valence-corrected chi connectivity index (χ3v) is 4.66. The molecule has 9 heteroatoms. The molecule has 0 fully saturated rings. The lowest BCUT2D eigenvalue weighted by atomic mass is 10.1. The van der Waals surface area contributed by atoms with Crippen molar-refractivity contribution in [2.45, 2.75) is 39.0 Å². The molecule has 0 saturated heterocycles. The number of rotatable bonds is 6. The van der Waals surface area contributed by atoms with Gasteiger partial charge in [-0.05, 0) is 44.0 Å². The van der Waals surface area contributed by atoms with E-state index in [1.807, 2.05) is 0 Å². The Morgan fingerprint density at radius 1 is 1.11 bits per heavy atom. The normalized spacial score (nSPS) is 11.6. The van der Waals surface area contributed by atoms with Gasteiger partial charge in [0.25, 0.3) is 0 Å². The van der Waals surface area contributed by atoms with E-state index in [2.05, 4.69) is 0 Å². The van der Waals surface area contributed by atoms with Gasteiger partial charge in [-0.15, -0.1) is 0 Å². The molecule has 0 aromatic heterocycles. The molecule has 0 aliphatic carbocycles. The van der Waals surface area contributed by atoms with Crippen LogP contribution in [0.2, 0.25) is 15.1 Å². The Bertz CT molecular complexity index is 867. The van der Waals surface area contributed by atoms with Crippen LogP contribution in [0.5, 0.6) is 11.5 Å². The molecule has 0 aliphatic heterocycles. The van der Waals surface area contributed by atoms with E-state index >= 15 is 0 Å². The molecule has 2 aromatic carbocycles. The molecule has 0 amide bonds. The van der Waals surface area contributed by atoms with Gasteiger partial charge in [-0.3, -0.25) is 4.79 Å². The smallest absolute Gasteiger partial charge is 0.417 e. The third kappa shape index (κ3) is 5.93. The number of hydrogen-bond donors (Lipinski definition) is 0. The van der Waals surface area contributed by atoms with E-state index in [1.165, 1.54) is 0 Å². The quantitative estimate of drug-likeness (QED) is 0.337. The Hall–Kier alpha value is -1.63. The van der Waals surface area contributed by atoms with Crippen LogP contribution in [0.25, 0.3) is 0 Å². The summed E-state index contributed by atoms with van der Waals surface area (Å²) in [6.45, 7) is 3.52. The van der Waals surface area contributed by atoms with E-state index in [0.29, 0.717) is 12.5 Å². The number of hydrogen-bond acceptors (Lipinski definition) is 3. The van der Waals surface area contributed by atoms with Crippen LogP contribution >= 0.6 is 34.8 Å². The van der Waals surface area contributed by atoms with E-state index in [-0.39, 0.29) is 35.0 Å². The molecule has 152 valence electrons. The molecule has 0 bridgehead atoms. The van der Waals surface area contributed by atoms with Gasteiger partial charge in [0, 0.05) is 6.42 Å². The SMILES string of the molecule is CC(C)OC(=O)CCc1cccc(Oc2c(Cl)cc(C(F)(F)F)c(Cl)c2Cl)c1. The first-order valence-corrected chi connectivity index (χ1v) is 9.33. The number of halogens is 6. The summed E-state index contributed by atoms with van der Waals surface area (Å²) in [6, 6.07) is 7.32. The fourth-order valence-electron chi connectivity index (χ4n) is 2.33. The van der Waals surface area contributed by atoms with Crippen LogP contribution in [0.15, 0.2) is 30.3 Å². The first kappa shape index (κ1) is 22.7. The highest BCUT2D eigenvalue weighted by Crippen LogP contribution is 2.47. The zero-order valence-corrected chi connectivity index (χ0v) is 17.1. The predicted molar refractivity (Wildman–Crippen MR) is 103 cm³/mol. The topological polar surface area (TPSA) is 35.5 Å². The molecular formula is C19H16Cl3F3O3. The van der Waals surface area contributed by atoms with Crippen LogP contribution in [0.3, 0.4) is 0 Å². The van der Waals surface area contributed by atoms with Crippen molar-refractivity contribution >= 4 is 40.8 Å². The van der Waals surface area contributed by atoms with Crippen LogP contribution in [-0.4, -0.2) is 12.1 Å². The average Bonchev–Trinajstić information content (AvgIpc) is 2.59. The molecule has 28 heavy (non-hydrogen) atoms. The lowest BCUT2D eigenvalue weighted by Crippen LogP contribution is -2.11. The molecular weight excluding hydrogens is 440 g/mol. The number of ether oxygens (including phenoxy) is 2. The minimum atomic E-state index is -4.70. The van der Waals surface area contributed by atoms with Crippen LogP contribution in [0, 0.1) is 0 Å². The van der Waals surface area contributed by atoms with Crippen molar-refractivity contribution in [3.63, 3.8) is 0 Å². The van der Waals surface area contributed by atoms with Gasteiger partial charge in [0.15, 0.2) is 5.75 Å². The van der Waals surface area contributed by atoms with Gasteiger partial charge in [0.05, 0.1) is 21.7 Å². The molecule has 0 unspecified atom stereocenters. The molecule has 3 nitrogen and oxygen atoms in total. The Balaban J connectivity index is 2.20. The number of benzene rings is 2. The Morgan fingerprint density at radius 3 is 2.39 bits per heavy atom. The molecule has 0 N–H and O–H groups in total. The van der Waals surface area contributed by atoms with Crippen molar-refractivity contribution in [3.8, 4) is 11.5 Å². The fraction of sp³-hybridized carbons (Fsp3) is 0.316. The van der Waals surface area contributed by atoms with E-state index in [4.69, 9.17) is 44.3 Å². The lowest BCUT2D eigenvalue weighted by molar-refractivity contribution is -0.147. The second kappa shape index (κ2) is 9.25. The van der Waals surface area contributed by atoms with E-state index < -0.39 is 21.8 Å². The van der Waals surface area contributed by atoms with Crippen LogP contribution in [0.4, 0.5) is 13.2 Å². The highest BCUT2D eigenvalue weighted by Gasteiger charge is 2.36. The molecule has 0 aliphatic rings. The summed E-state index contributed by atoms with van der Waals surface area (Å²) in [4.78, 5) is 11.6. The largest absolute Gasteiger partial charge is 0.463 e. The second-order valence-electron chi connectivity index (χ2n) is 6.15. The molecule has 0 spiro atoms. The summed E-state index contributed by atoms with van der Waals surface area (Å²) in [5, 5.41) is -1.46. The Morgan fingerprint density at radius 2 is 1.79 bits per heavy atom. The van der Waals surface area contributed by atoms with Crippen molar-refractivity contribution in [1.82, 2.24) is 0 Å². The Labute approximate surface area is 175 Å². The first-order chi connectivity index (χ1) is 13.0. The molecule has 0 heterocycles. The van der Waals surface area contributed by atoms with Crippen molar-refractivity contribution in [2.24, 2.45) is 0 Å². The van der Waals surface area contributed by atoms with Crippen molar-refractivity contribution in [1.29, 1.82) is 0 Å². The summed E-state index contributed by atoms with van der Waals surface area (Å²) in [6.07, 6.45) is -4.32. The van der Waals surface area contributed by atoms with E-state index in [9.17, 15) is 18.0 Å². The second-order valence-corrected chi connectivity index (χ2v) is 7.31. The van der Waals surface area contributed by atoms with Crippen molar-refractivity contribution in [2.75, 3.05) is 0 Å². The minimum absolute atomic E-state index is 0.176. The summed E-state index contributed by atoms with van der Waals surface area (Å²) in [5.74, 6) is -0.228. The molecule has 0 atom stereocenters. The predicted octanol–water partition coefficient (Wildman–Crippen LogP) is 7.34. The molecule has 0 saturated carbocycles. The maximum absolute atomic E-state index is 13.0.